The summed E-state index contributed by atoms with van der Waals surface area (Å²) in [6, 6.07) is 4.57. The number of rotatable bonds is 4. The highest BCUT2D eigenvalue weighted by Gasteiger charge is 2.39. The van der Waals surface area contributed by atoms with Gasteiger partial charge in [0.2, 0.25) is 5.91 Å². The Balaban J connectivity index is 1.74. The topological polar surface area (TPSA) is 91.0 Å². The van der Waals surface area contributed by atoms with Crippen molar-refractivity contribution in [2.75, 3.05) is 18.4 Å². The summed E-state index contributed by atoms with van der Waals surface area (Å²) >= 11 is 0. The number of hydrogen-bond acceptors (Lipinski definition) is 4. The van der Waals surface area contributed by atoms with Crippen LogP contribution in [0, 0.1) is 23.1 Å². The Morgan fingerprint density at radius 3 is 2.49 bits per heavy atom. The van der Waals surface area contributed by atoms with Crippen LogP contribution in [0.15, 0.2) is 30.6 Å². The number of halogens is 4. The molecule has 0 bridgehead atoms. The SMILES string of the molecule is CC(C)C(=O)N1CCC(c2cn(C)c3ncc(NC(=O)c4ccc(F)c(C#N)c4)c(C(F)(F)F)c23)CC1. The Labute approximate surface area is 210 Å². The van der Waals surface area contributed by atoms with E-state index in [4.69, 9.17) is 5.26 Å². The second kappa shape index (κ2) is 9.84. The van der Waals surface area contributed by atoms with Gasteiger partial charge in [-0.2, -0.15) is 18.4 Å². The summed E-state index contributed by atoms with van der Waals surface area (Å²) in [7, 11) is 1.61. The van der Waals surface area contributed by atoms with Crippen molar-refractivity contribution < 1.29 is 27.2 Å². The standard InChI is InChI=1S/C26H25F4N5O2/c1-14(2)25(37)35-8-6-15(7-9-35)18-13-34(3)23-21(18)22(26(28,29)30)20(12-32-23)33-24(36)16-4-5-19(27)17(10-16)11-31/h4-5,10,12-15H,6-9H2,1-3H3,(H,33,36). The van der Waals surface area contributed by atoms with Gasteiger partial charge in [0.15, 0.2) is 0 Å². The minimum Gasteiger partial charge on any atom is -0.342 e. The number of alkyl halides is 3. The lowest BCUT2D eigenvalue weighted by Gasteiger charge is -2.33. The molecule has 3 heterocycles. The first kappa shape index (κ1) is 26.1. The molecule has 0 spiro atoms. The van der Waals surface area contributed by atoms with Crippen molar-refractivity contribution in [1.29, 1.82) is 5.26 Å². The highest BCUT2D eigenvalue weighted by molar-refractivity contribution is 6.06. The Kier molecular flexibility index (Phi) is 6.95. The van der Waals surface area contributed by atoms with Crippen LogP contribution in [0.1, 0.15) is 59.7 Å². The number of anilines is 1. The van der Waals surface area contributed by atoms with Crippen LogP contribution >= 0.6 is 0 Å². The zero-order chi connectivity index (χ0) is 27.1. The molecule has 0 radical (unpaired) electrons. The van der Waals surface area contributed by atoms with Crippen LogP contribution in [0.4, 0.5) is 23.2 Å². The van der Waals surface area contributed by atoms with Crippen LogP contribution in [-0.2, 0) is 18.0 Å². The summed E-state index contributed by atoms with van der Waals surface area (Å²) in [5.74, 6) is -2.15. The number of piperidine rings is 1. The second-order valence-electron chi connectivity index (χ2n) is 9.45. The molecule has 194 valence electrons. The molecule has 0 saturated carbocycles. The largest absolute Gasteiger partial charge is 0.419 e. The van der Waals surface area contributed by atoms with Crippen molar-refractivity contribution in [2.45, 2.75) is 38.8 Å². The molecule has 2 amide bonds. The molecule has 1 N–H and O–H groups in total. The van der Waals surface area contributed by atoms with Gasteiger partial charge in [-0.3, -0.25) is 9.59 Å². The van der Waals surface area contributed by atoms with Crippen molar-refractivity contribution in [3.63, 3.8) is 0 Å². The van der Waals surface area contributed by atoms with Gasteiger partial charge in [0.1, 0.15) is 17.5 Å². The average Bonchev–Trinajstić information content (AvgIpc) is 3.19. The third-order valence-corrected chi connectivity index (χ3v) is 6.64. The Hall–Kier alpha value is -3.94. The number of fused-ring (bicyclic) bond motifs is 1. The zero-order valence-corrected chi connectivity index (χ0v) is 20.5. The molecule has 1 aromatic carbocycles. The van der Waals surface area contributed by atoms with Gasteiger partial charge < -0.3 is 14.8 Å². The first-order valence-electron chi connectivity index (χ1n) is 11.8. The summed E-state index contributed by atoms with van der Waals surface area (Å²) in [5, 5.41) is 11.2. The quantitative estimate of drug-likeness (QED) is 0.483. The number of nitrogens with zero attached hydrogens (tertiary/aromatic N) is 4. The molecule has 0 aliphatic carbocycles. The number of pyridine rings is 1. The van der Waals surface area contributed by atoms with Gasteiger partial charge in [-0.1, -0.05) is 13.8 Å². The van der Waals surface area contributed by atoms with Gasteiger partial charge in [-0.05, 0) is 42.5 Å². The molecule has 1 fully saturated rings. The first-order chi connectivity index (χ1) is 17.4. The van der Waals surface area contributed by atoms with Crippen molar-refractivity contribution in [3.8, 4) is 6.07 Å². The second-order valence-corrected chi connectivity index (χ2v) is 9.45. The van der Waals surface area contributed by atoms with Crippen LogP contribution in [0.2, 0.25) is 0 Å². The van der Waals surface area contributed by atoms with Crippen LogP contribution < -0.4 is 5.32 Å². The van der Waals surface area contributed by atoms with E-state index in [0.717, 1.165) is 24.4 Å². The smallest absolute Gasteiger partial charge is 0.342 e. The Morgan fingerprint density at radius 2 is 1.89 bits per heavy atom. The summed E-state index contributed by atoms with van der Waals surface area (Å²) in [6.07, 6.45) is -1.25. The van der Waals surface area contributed by atoms with Crippen molar-refractivity contribution in [3.05, 3.63) is 58.7 Å². The van der Waals surface area contributed by atoms with Crippen LogP contribution in [0.25, 0.3) is 11.0 Å². The fraction of sp³-hybridized carbons (Fsp3) is 0.385. The lowest BCUT2D eigenvalue weighted by atomic mass is 9.87. The van der Waals surface area contributed by atoms with Gasteiger partial charge >= 0.3 is 6.18 Å². The number of amides is 2. The van der Waals surface area contributed by atoms with E-state index in [-0.39, 0.29) is 34.3 Å². The zero-order valence-electron chi connectivity index (χ0n) is 20.5. The van der Waals surface area contributed by atoms with Crippen molar-refractivity contribution >= 4 is 28.5 Å². The van der Waals surface area contributed by atoms with Crippen LogP contribution in [0.5, 0.6) is 0 Å². The first-order valence-corrected chi connectivity index (χ1v) is 11.8. The van der Waals surface area contributed by atoms with Crippen LogP contribution in [-0.4, -0.2) is 39.4 Å². The number of likely N-dealkylation sites (tertiary alicyclic amines) is 1. The van der Waals surface area contributed by atoms with E-state index in [1.807, 2.05) is 13.8 Å². The maximum Gasteiger partial charge on any atom is 0.419 e. The van der Waals surface area contributed by atoms with E-state index in [0.29, 0.717) is 31.5 Å². The minimum atomic E-state index is -4.82. The molecule has 0 atom stereocenters. The molecule has 3 aromatic rings. The molecule has 11 heteroatoms. The maximum atomic E-state index is 14.5. The molecule has 1 saturated heterocycles. The highest BCUT2D eigenvalue weighted by atomic mass is 19.4. The van der Waals surface area contributed by atoms with E-state index < -0.39 is 34.7 Å². The van der Waals surface area contributed by atoms with E-state index in [1.165, 1.54) is 4.57 Å². The van der Waals surface area contributed by atoms with Gasteiger partial charge in [0, 0.05) is 43.2 Å². The number of aryl methyl sites for hydroxylation is 1. The number of hydrogen-bond donors (Lipinski definition) is 1. The fourth-order valence-electron chi connectivity index (χ4n) is 4.80. The van der Waals surface area contributed by atoms with Crippen molar-refractivity contribution in [2.24, 2.45) is 13.0 Å². The third-order valence-electron chi connectivity index (χ3n) is 6.64. The predicted octanol–water partition coefficient (Wildman–Crippen LogP) is 5.22. The maximum absolute atomic E-state index is 14.5. The Morgan fingerprint density at radius 1 is 1.22 bits per heavy atom. The molecule has 4 rings (SSSR count). The van der Waals surface area contributed by atoms with E-state index in [2.05, 4.69) is 10.3 Å². The Bertz CT molecular complexity index is 1410. The number of carbonyl (C=O) groups is 2. The molecule has 0 unspecified atom stereocenters. The number of nitrogens with one attached hydrogen (secondary N) is 1. The van der Waals surface area contributed by atoms with Crippen LogP contribution in [0.3, 0.4) is 0 Å². The summed E-state index contributed by atoms with van der Waals surface area (Å²) in [5.41, 5.74) is -1.54. The van der Waals surface area contributed by atoms with Gasteiger partial charge in [-0.15, -0.1) is 0 Å². The molecule has 7 nitrogen and oxygen atoms in total. The summed E-state index contributed by atoms with van der Waals surface area (Å²) < 4.78 is 58.6. The third kappa shape index (κ3) is 5.01. The summed E-state index contributed by atoms with van der Waals surface area (Å²) in [6.45, 7) is 4.50. The van der Waals surface area contributed by atoms with E-state index in [1.54, 1.807) is 24.2 Å². The van der Waals surface area contributed by atoms with E-state index in [9.17, 15) is 27.2 Å². The predicted molar refractivity (Wildman–Crippen MR) is 128 cm³/mol. The summed E-state index contributed by atoms with van der Waals surface area (Å²) in [4.78, 5) is 31.1. The normalized spacial score (nSPS) is 14.7. The van der Waals surface area contributed by atoms with Gasteiger partial charge in [0.05, 0.1) is 23.0 Å². The van der Waals surface area contributed by atoms with Gasteiger partial charge in [-0.25, -0.2) is 9.37 Å². The lowest BCUT2D eigenvalue weighted by Crippen LogP contribution is -2.40. The molecule has 37 heavy (non-hydrogen) atoms. The van der Waals surface area contributed by atoms with E-state index >= 15 is 0 Å². The fourth-order valence-corrected chi connectivity index (χ4v) is 4.80. The molecular formula is C26H25F4N5O2. The lowest BCUT2D eigenvalue weighted by molar-refractivity contribution is -0.136. The highest BCUT2D eigenvalue weighted by Crippen LogP contribution is 2.44. The number of carbonyl (C=O) groups excluding carboxylic acids is 2. The molecule has 1 aliphatic rings. The number of aromatic nitrogens is 2. The monoisotopic (exact) mass is 515 g/mol. The molecular weight excluding hydrogens is 490 g/mol. The minimum absolute atomic E-state index is 0.0133. The number of benzene rings is 1. The molecule has 2 aromatic heterocycles. The number of nitriles is 1. The molecule has 1 aliphatic heterocycles. The average molecular weight is 516 g/mol. The van der Waals surface area contributed by atoms with Gasteiger partial charge in [0.25, 0.3) is 5.91 Å². The van der Waals surface area contributed by atoms with Crippen molar-refractivity contribution in [1.82, 2.24) is 14.5 Å².